The van der Waals surface area contributed by atoms with Gasteiger partial charge >= 0.3 is 19.8 Å². The predicted octanol–water partition coefficient (Wildman–Crippen LogP) is 0.422. The summed E-state index contributed by atoms with van der Waals surface area (Å²) in [4.78, 5) is 50.4. The third-order valence-electron chi connectivity index (χ3n) is 2.78. The number of carbonyl (C=O) groups is 3. The van der Waals surface area contributed by atoms with Gasteiger partial charge in [-0.3, -0.25) is 18.9 Å². The molecule has 0 saturated carbocycles. The molecule has 134 valence electrons. The number of hydrogen-bond donors (Lipinski definition) is 5. The first-order chi connectivity index (χ1) is 10.3. The highest BCUT2D eigenvalue weighted by molar-refractivity contribution is 7.68. The standard InChI is InChI=1S/C10H19NO10P2/c1-6(12)11-7(2)22(17,21-23(18,19)20)5-8(10(15)16)3-4-9(13)14/h7-8H,3-5H2,1-2H3,(H,11,12)(H,13,14)(H,15,16)(H2,18,19,20)/t7-,8+,22+/m0/s1. The molecule has 0 aliphatic heterocycles. The molecule has 0 rings (SSSR count). The van der Waals surface area contributed by atoms with Crippen molar-refractivity contribution in [3.8, 4) is 0 Å². The van der Waals surface area contributed by atoms with Gasteiger partial charge in [-0.15, -0.1) is 0 Å². The van der Waals surface area contributed by atoms with Gasteiger partial charge < -0.3 is 25.3 Å². The summed E-state index contributed by atoms with van der Waals surface area (Å²) < 4.78 is 28.0. The van der Waals surface area contributed by atoms with Crippen molar-refractivity contribution in [3.63, 3.8) is 0 Å². The number of hydrogen-bond acceptors (Lipinski definition) is 6. The number of phosphoric acid groups is 1. The molecule has 0 aliphatic carbocycles. The number of carboxylic acid groups (broad SMARTS) is 2. The van der Waals surface area contributed by atoms with E-state index in [1.54, 1.807) is 0 Å². The van der Waals surface area contributed by atoms with E-state index in [9.17, 15) is 23.5 Å². The number of aliphatic carboxylic acids is 2. The summed E-state index contributed by atoms with van der Waals surface area (Å²) in [5.41, 5.74) is 0. The van der Waals surface area contributed by atoms with E-state index in [0.717, 1.165) is 13.8 Å². The molecule has 0 heterocycles. The van der Waals surface area contributed by atoms with E-state index in [-0.39, 0.29) is 0 Å². The Morgan fingerprint density at radius 1 is 1.17 bits per heavy atom. The minimum absolute atomic E-state index is 0.411. The van der Waals surface area contributed by atoms with Crippen LogP contribution in [0.25, 0.3) is 0 Å². The van der Waals surface area contributed by atoms with E-state index in [1.165, 1.54) is 0 Å². The molecule has 0 aromatic rings. The van der Waals surface area contributed by atoms with Crippen LogP contribution in [0.4, 0.5) is 0 Å². The van der Waals surface area contributed by atoms with E-state index in [0.29, 0.717) is 0 Å². The van der Waals surface area contributed by atoms with Crippen molar-refractivity contribution in [1.29, 1.82) is 0 Å². The van der Waals surface area contributed by atoms with Crippen LogP contribution in [-0.2, 0) is 27.8 Å². The average molecular weight is 375 g/mol. The average Bonchev–Trinajstić information content (AvgIpc) is 2.30. The van der Waals surface area contributed by atoms with Crippen LogP contribution < -0.4 is 5.32 Å². The molecule has 11 nitrogen and oxygen atoms in total. The normalized spacial score (nSPS) is 16.9. The van der Waals surface area contributed by atoms with Gasteiger partial charge in [0.25, 0.3) is 0 Å². The molecule has 0 saturated heterocycles. The van der Waals surface area contributed by atoms with Crippen molar-refractivity contribution < 1.29 is 47.8 Å². The fourth-order valence-corrected chi connectivity index (χ4v) is 5.65. The summed E-state index contributed by atoms with van der Waals surface area (Å²) in [5.74, 6) is -6.27. The van der Waals surface area contributed by atoms with Crippen LogP contribution in [0.1, 0.15) is 26.7 Å². The van der Waals surface area contributed by atoms with Crippen molar-refractivity contribution >= 4 is 33.0 Å². The zero-order chi connectivity index (χ0) is 18.4. The first-order valence-corrected chi connectivity index (χ1v) is 9.75. The lowest BCUT2D eigenvalue weighted by molar-refractivity contribution is -0.142. The first kappa shape index (κ1) is 21.8. The number of amides is 1. The van der Waals surface area contributed by atoms with Crippen molar-refractivity contribution in [1.82, 2.24) is 5.32 Å². The first-order valence-electron chi connectivity index (χ1n) is 6.34. The maximum absolute atomic E-state index is 12.7. The highest BCUT2D eigenvalue weighted by Gasteiger charge is 2.42. The second-order valence-corrected chi connectivity index (χ2v) is 9.05. The highest BCUT2D eigenvalue weighted by Crippen LogP contribution is 2.62. The molecule has 23 heavy (non-hydrogen) atoms. The van der Waals surface area contributed by atoms with Crippen LogP contribution in [0, 0.1) is 5.92 Å². The Hall–Kier alpha value is -1.25. The monoisotopic (exact) mass is 375 g/mol. The van der Waals surface area contributed by atoms with Gasteiger partial charge in [-0.1, -0.05) is 0 Å². The van der Waals surface area contributed by atoms with E-state index >= 15 is 0 Å². The summed E-state index contributed by atoms with van der Waals surface area (Å²) in [6, 6.07) is 0. The van der Waals surface area contributed by atoms with Gasteiger partial charge in [0, 0.05) is 19.5 Å². The van der Waals surface area contributed by atoms with Gasteiger partial charge in [0.05, 0.1) is 5.92 Å². The Balaban J connectivity index is 5.43. The van der Waals surface area contributed by atoms with Crippen LogP contribution in [0.15, 0.2) is 0 Å². The van der Waals surface area contributed by atoms with Crippen LogP contribution in [0.3, 0.4) is 0 Å². The third kappa shape index (κ3) is 8.83. The van der Waals surface area contributed by atoms with Crippen LogP contribution >= 0.6 is 15.2 Å². The second kappa shape index (κ2) is 8.56. The lowest BCUT2D eigenvalue weighted by Crippen LogP contribution is -2.33. The van der Waals surface area contributed by atoms with Crippen molar-refractivity contribution in [2.75, 3.05) is 6.16 Å². The van der Waals surface area contributed by atoms with Crippen LogP contribution in [0.5, 0.6) is 0 Å². The van der Waals surface area contributed by atoms with Crippen molar-refractivity contribution in [3.05, 3.63) is 0 Å². The predicted molar refractivity (Wildman–Crippen MR) is 76.9 cm³/mol. The van der Waals surface area contributed by atoms with Gasteiger partial charge in [0.2, 0.25) is 13.3 Å². The fourth-order valence-electron chi connectivity index (χ4n) is 1.73. The SMILES string of the molecule is CC(=O)N[C@H](C)[P@@](=O)(C[C@@H](CCC(=O)O)C(=O)O)OP(=O)(O)O. The van der Waals surface area contributed by atoms with Crippen molar-refractivity contribution in [2.24, 2.45) is 5.92 Å². The molecule has 0 radical (unpaired) electrons. The fraction of sp³-hybridized carbons (Fsp3) is 0.700. The Kier molecular flexibility index (Phi) is 8.09. The number of nitrogens with one attached hydrogen (secondary N) is 1. The van der Waals surface area contributed by atoms with Gasteiger partial charge in [-0.2, -0.15) is 0 Å². The molecule has 0 aliphatic rings. The minimum Gasteiger partial charge on any atom is -0.481 e. The number of carbonyl (C=O) groups excluding carboxylic acids is 1. The Labute approximate surface area is 131 Å². The maximum Gasteiger partial charge on any atom is 0.475 e. The van der Waals surface area contributed by atoms with Crippen LogP contribution in [0.2, 0.25) is 0 Å². The smallest absolute Gasteiger partial charge is 0.475 e. The van der Waals surface area contributed by atoms with E-state index < -0.39 is 63.7 Å². The lowest BCUT2D eigenvalue weighted by atomic mass is 10.1. The number of carboxylic acids is 2. The van der Waals surface area contributed by atoms with Gasteiger partial charge in [-0.05, 0) is 13.3 Å². The van der Waals surface area contributed by atoms with Gasteiger partial charge in [0.1, 0.15) is 5.78 Å². The van der Waals surface area contributed by atoms with E-state index in [4.69, 9.17) is 20.0 Å². The third-order valence-corrected chi connectivity index (χ3v) is 6.99. The van der Waals surface area contributed by atoms with Gasteiger partial charge in [0.15, 0.2) is 0 Å². The summed E-state index contributed by atoms with van der Waals surface area (Å²) in [7, 11) is -9.56. The molecule has 1 amide bonds. The summed E-state index contributed by atoms with van der Waals surface area (Å²) in [6.07, 6.45) is -1.78. The quantitative estimate of drug-likeness (QED) is 0.335. The summed E-state index contributed by atoms with van der Waals surface area (Å²) in [6.45, 7) is 2.21. The second-order valence-electron chi connectivity index (χ2n) is 4.83. The minimum atomic E-state index is -5.23. The summed E-state index contributed by atoms with van der Waals surface area (Å²) in [5, 5.41) is 19.8. The molecule has 0 aromatic heterocycles. The molecule has 0 spiro atoms. The Morgan fingerprint density at radius 3 is 2.04 bits per heavy atom. The molecular formula is C10H19NO10P2. The molecule has 0 unspecified atom stereocenters. The molecular weight excluding hydrogens is 356 g/mol. The van der Waals surface area contributed by atoms with Gasteiger partial charge in [-0.25, -0.2) is 8.88 Å². The summed E-state index contributed by atoms with van der Waals surface area (Å²) >= 11 is 0. The molecule has 0 fully saturated rings. The zero-order valence-electron chi connectivity index (χ0n) is 12.4. The molecule has 3 atom stereocenters. The topological polar surface area (TPSA) is 188 Å². The highest BCUT2D eigenvalue weighted by atomic mass is 31.3. The molecule has 0 bridgehead atoms. The molecule has 13 heteroatoms. The van der Waals surface area contributed by atoms with E-state index in [1.807, 2.05) is 0 Å². The Bertz CT molecular complexity index is 556. The Morgan fingerprint density at radius 2 is 1.70 bits per heavy atom. The molecule has 5 N–H and O–H groups in total. The molecule has 0 aromatic carbocycles. The van der Waals surface area contributed by atoms with Crippen molar-refractivity contribution in [2.45, 2.75) is 32.5 Å². The largest absolute Gasteiger partial charge is 0.481 e. The van der Waals surface area contributed by atoms with Crippen LogP contribution in [-0.4, -0.2) is 49.8 Å². The van der Waals surface area contributed by atoms with E-state index in [2.05, 4.69) is 9.63 Å². The lowest BCUT2D eigenvalue weighted by Gasteiger charge is -2.27. The maximum atomic E-state index is 12.7. The zero-order valence-corrected chi connectivity index (χ0v) is 14.2. The number of rotatable bonds is 10.